The second-order valence-electron chi connectivity index (χ2n) is 4.31. The van der Waals surface area contributed by atoms with E-state index in [2.05, 4.69) is 27.8 Å². The molecule has 0 amide bonds. The number of aryl methyl sites for hydroxylation is 1. The lowest BCUT2D eigenvalue weighted by molar-refractivity contribution is 0.483. The number of nitrogens with zero attached hydrogens (tertiary/aromatic N) is 1. The predicted molar refractivity (Wildman–Crippen MR) is 86.5 cm³/mol. The second-order valence-corrected chi connectivity index (χ2v) is 6.79. The molecule has 100 valence electrons. The molecule has 0 bridgehead atoms. The number of aromatic nitrogens is 1. The summed E-state index contributed by atoms with van der Waals surface area (Å²) in [4.78, 5) is 5.69. The van der Waals surface area contributed by atoms with Gasteiger partial charge in [0.15, 0.2) is 3.92 Å². The van der Waals surface area contributed by atoms with Crippen molar-refractivity contribution in [3.8, 4) is 22.8 Å². The van der Waals surface area contributed by atoms with Gasteiger partial charge in [0, 0.05) is 10.4 Å². The first kappa shape index (κ1) is 13.3. The molecule has 0 fully saturated rings. The normalized spacial score (nSPS) is 10.5. The Morgan fingerprint density at radius 2 is 1.60 bits per heavy atom. The monoisotopic (exact) mass is 345 g/mol. The molecule has 0 aliphatic carbocycles. The zero-order valence-electron chi connectivity index (χ0n) is 10.8. The lowest BCUT2D eigenvalue weighted by Crippen LogP contribution is -1.85. The molecule has 0 aliphatic heterocycles. The van der Waals surface area contributed by atoms with E-state index in [0.717, 1.165) is 26.7 Å². The smallest absolute Gasteiger partial charge is 0.160 e. The van der Waals surface area contributed by atoms with E-state index in [1.165, 1.54) is 4.88 Å². The van der Waals surface area contributed by atoms with Crippen LogP contribution in [-0.2, 0) is 0 Å². The number of halogens is 1. The van der Waals surface area contributed by atoms with Crippen LogP contribution < -0.4 is 4.74 Å². The van der Waals surface area contributed by atoms with Gasteiger partial charge in [-0.15, -0.1) is 11.3 Å². The number of hydrogen-bond donors (Lipinski definition) is 0. The first-order valence-corrected chi connectivity index (χ1v) is 7.79. The Balaban J connectivity index is 1.83. The average Bonchev–Trinajstić information content (AvgIpc) is 2.80. The lowest BCUT2D eigenvalue weighted by Gasteiger charge is -2.06. The summed E-state index contributed by atoms with van der Waals surface area (Å²) in [5.74, 6) is 1.67. The molecule has 0 N–H and O–H groups in total. The maximum absolute atomic E-state index is 5.78. The first-order valence-electron chi connectivity index (χ1n) is 6.18. The van der Waals surface area contributed by atoms with Gasteiger partial charge < -0.3 is 4.74 Å². The van der Waals surface area contributed by atoms with Gasteiger partial charge in [-0.3, -0.25) is 0 Å². The van der Waals surface area contributed by atoms with Crippen molar-refractivity contribution < 1.29 is 4.74 Å². The highest BCUT2D eigenvalue weighted by atomic mass is 79.9. The minimum Gasteiger partial charge on any atom is -0.457 e. The number of rotatable bonds is 3. The number of para-hydroxylation sites is 1. The summed E-state index contributed by atoms with van der Waals surface area (Å²) in [6.45, 7) is 2.08. The van der Waals surface area contributed by atoms with E-state index in [0.29, 0.717) is 0 Å². The van der Waals surface area contributed by atoms with Crippen LogP contribution in [-0.4, -0.2) is 4.98 Å². The number of ether oxygens (including phenoxy) is 1. The highest BCUT2D eigenvalue weighted by Gasteiger charge is 2.08. The minimum atomic E-state index is 0.826. The Bertz CT molecular complexity index is 707. The van der Waals surface area contributed by atoms with Crippen molar-refractivity contribution in [3.63, 3.8) is 0 Å². The lowest BCUT2D eigenvalue weighted by atomic mass is 10.1. The van der Waals surface area contributed by atoms with Gasteiger partial charge in [-0.2, -0.15) is 0 Å². The molecule has 0 radical (unpaired) electrons. The van der Waals surface area contributed by atoms with E-state index in [-0.39, 0.29) is 0 Å². The van der Waals surface area contributed by atoms with Gasteiger partial charge in [-0.25, -0.2) is 4.98 Å². The van der Waals surface area contributed by atoms with Crippen LogP contribution in [0.5, 0.6) is 11.5 Å². The summed E-state index contributed by atoms with van der Waals surface area (Å²) in [7, 11) is 0. The van der Waals surface area contributed by atoms with Gasteiger partial charge >= 0.3 is 0 Å². The topological polar surface area (TPSA) is 22.1 Å². The molecular weight excluding hydrogens is 334 g/mol. The molecule has 2 nitrogen and oxygen atoms in total. The van der Waals surface area contributed by atoms with Gasteiger partial charge in [0.2, 0.25) is 0 Å². The average molecular weight is 346 g/mol. The minimum absolute atomic E-state index is 0.826. The van der Waals surface area contributed by atoms with E-state index < -0.39 is 0 Å². The predicted octanol–water partition coefficient (Wildman–Crippen LogP) is 5.67. The molecule has 2 aromatic carbocycles. The zero-order valence-corrected chi connectivity index (χ0v) is 13.2. The van der Waals surface area contributed by atoms with Gasteiger partial charge in [0.25, 0.3) is 0 Å². The maximum Gasteiger partial charge on any atom is 0.160 e. The molecule has 1 aromatic heterocycles. The standard InChI is InChI=1S/C16H12BrNOS/c1-11-15(18-16(17)20-11)12-7-9-14(10-8-12)19-13-5-3-2-4-6-13/h2-10H,1H3. The molecule has 3 aromatic rings. The van der Waals surface area contributed by atoms with E-state index in [9.17, 15) is 0 Å². The Morgan fingerprint density at radius 3 is 2.20 bits per heavy atom. The van der Waals surface area contributed by atoms with Crippen LogP contribution in [0, 0.1) is 6.92 Å². The Hall–Kier alpha value is -1.65. The quantitative estimate of drug-likeness (QED) is 0.609. The largest absolute Gasteiger partial charge is 0.457 e. The molecule has 1 heterocycles. The number of hydrogen-bond acceptors (Lipinski definition) is 3. The SMILES string of the molecule is Cc1sc(Br)nc1-c1ccc(Oc2ccccc2)cc1. The second kappa shape index (κ2) is 5.77. The van der Waals surface area contributed by atoms with Crippen LogP contribution in [0.1, 0.15) is 4.88 Å². The molecule has 0 spiro atoms. The summed E-state index contributed by atoms with van der Waals surface area (Å²) in [5, 5.41) is 0. The van der Waals surface area contributed by atoms with Gasteiger partial charge in [0.1, 0.15) is 11.5 Å². The van der Waals surface area contributed by atoms with E-state index in [1.54, 1.807) is 11.3 Å². The fourth-order valence-corrected chi connectivity index (χ4v) is 3.49. The molecule has 0 aliphatic rings. The molecule has 0 unspecified atom stereocenters. The van der Waals surface area contributed by atoms with Crippen LogP contribution in [0.2, 0.25) is 0 Å². The summed E-state index contributed by atoms with van der Waals surface area (Å²) >= 11 is 5.07. The van der Waals surface area contributed by atoms with E-state index in [4.69, 9.17) is 4.74 Å². The maximum atomic E-state index is 5.78. The van der Waals surface area contributed by atoms with Crippen molar-refractivity contribution in [2.24, 2.45) is 0 Å². The molecule has 0 atom stereocenters. The van der Waals surface area contributed by atoms with Gasteiger partial charge in [-0.05, 0) is 59.3 Å². The molecule has 20 heavy (non-hydrogen) atoms. The molecule has 4 heteroatoms. The van der Waals surface area contributed by atoms with Crippen molar-refractivity contribution in [2.45, 2.75) is 6.92 Å². The Morgan fingerprint density at radius 1 is 0.950 bits per heavy atom. The van der Waals surface area contributed by atoms with Crippen molar-refractivity contribution in [2.75, 3.05) is 0 Å². The van der Waals surface area contributed by atoms with Crippen LogP contribution in [0.4, 0.5) is 0 Å². The fourth-order valence-electron chi connectivity index (χ4n) is 1.94. The summed E-state index contributed by atoms with van der Waals surface area (Å²) in [6, 6.07) is 17.8. The fraction of sp³-hybridized carbons (Fsp3) is 0.0625. The van der Waals surface area contributed by atoms with Crippen molar-refractivity contribution >= 4 is 27.3 Å². The first-order chi connectivity index (χ1) is 9.72. The molecule has 0 saturated heterocycles. The highest BCUT2D eigenvalue weighted by Crippen LogP contribution is 2.31. The Kier molecular flexibility index (Phi) is 3.85. The van der Waals surface area contributed by atoms with Crippen molar-refractivity contribution in [1.82, 2.24) is 4.98 Å². The van der Waals surface area contributed by atoms with E-state index in [1.807, 2.05) is 54.6 Å². The number of benzene rings is 2. The molecule has 0 saturated carbocycles. The summed E-state index contributed by atoms with van der Waals surface area (Å²) in [6.07, 6.45) is 0. The zero-order chi connectivity index (χ0) is 13.9. The van der Waals surface area contributed by atoms with Crippen molar-refractivity contribution in [1.29, 1.82) is 0 Å². The Labute approximate surface area is 130 Å². The van der Waals surface area contributed by atoms with Gasteiger partial charge in [0.05, 0.1) is 5.69 Å². The van der Waals surface area contributed by atoms with E-state index >= 15 is 0 Å². The van der Waals surface area contributed by atoms with Crippen LogP contribution in [0.15, 0.2) is 58.5 Å². The molecule has 3 rings (SSSR count). The summed E-state index contributed by atoms with van der Waals surface area (Å²) in [5.41, 5.74) is 2.12. The third kappa shape index (κ3) is 2.92. The van der Waals surface area contributed by atoms with Crippen molar-refractivity contribution in [3.05, 3.63) is 63.4 Å². The highest BCUT2D eigenvalue weighted by molar-refractivity contribution is 9.11. The summed E-state index contributed by atoms with van der Waals surface area (Å²) < 4.78 is 6.69. The van der Waals surface area contributed by atoms with Crippen LogP contribution >= 0.6 is 27.3 Å². The van der Waals surface area contributed by atoms with Gasteiger partial charge in [-0.1, -0.05) is 18.2 Å². The number of thiazole rings is 1. The van der Waals surface area contributed by atoms with Crippen LogP contribution in [0.25, 0.3) is 11.3 Å². The van der Waals surface area contributed by atoms with Crippen LogP contribution in [0.3, 0.4) is 0 Å². The third-order valence-corrected chi connectivity index (χ3v) is 4.30. The molecular formula is C16H12BrNOS. The third-order valence-electron chi connectivity index (χ3n) is 2.88.